The SMILES string of the molecule is CON(CCCCc1ccc(N(CCCl)CCCl)cc1)C1C[C@H](O)[C@H](O)[C@@H](C)O1. The number of nitrogens with zero attached hydrogens (tertiary/aromatic N) is 2. The monoisotopic (exact) mass is 448 g/mol. The zero-order chi connectivity index (χ0) is 21.2. The lowest BCUT2D eigenvalue weighted by molar-refractivity contribution is -0.288. The van der Waals surface area contributed by atoms with E-state index in [1.54, 1.807) is 19.1 Å². The van der Waals surface area contributed by atoms with Gasteiger partial charge in [0.1, 0.15) is 12.3 Å². The number of aliphatic hydroxyl groups is 2. The van der Waals surface area contributed by atoms with E-state index in [2.05, 4.69) is 29.2 Å². The number of aliphatic hydroxyl groups excluding tert-OH is 2. The van der Waals surface area contributed by atoms with Crippen LogP contribution in [0.2, 0.25) is 0 Å². The summed E-state index contributed by atoms with van der Waals surface area (Å²) in [6.07, 6.45) is 0.857. The van der Waals surface area contributed by atoms with Gasteiger partial charge in [-0.1, -0.05) is 12.1 Å². The van der Waals surface area contributed by atoms with Gasteiger partial charge in [0, 0.05) is 43.5 Å². The molecule has 1 saturated heterocycles. The molecular formula is C21H34Cl2N2O4. The largest absolute Gasteiger partial charge is 0.390 e. The Morgan fingerprint density at radius 3 is 2.28 bits per heavy atom. The van der Waals surface area contributed by atoms with Gasteiger partial charge in [0.15, 0.2) is 0 Å². The molecule has 1 aliphatic heterocycles. The summed E-state index contributed by atoms with van der Waals surface area (Å²) in [7, 11) is 1.61. The number of anilines is 1. The molecular weight excluding hydrogens is 415 g/mol. The average molecular weight is 449 g/mol. The third-order valence-corrected chi connectivity index (χ3v) is 5.69. The van der Waals surface area contributed by atoms with Crippen molar-refractivity contribution in [1.82, 2.24) is 5.06 Å². The minimum atomic E-state index is -0.849. The van der Waals surface area contributed by atoms with E-state index in [0.29, 0.717) is 24.7 Å². The van der Waals surface area contributed by atoms with Crippen LogP contribution in [0.25, 0.3) is 0 Å². The van der Waals surface area contributed by atoms with Crippen LogP contribution in [0.3, 0.4) is 0 Å². The first-order valence-electron chi connectivity index (χ1n) is 10.3. The summed E-state index contributed by atoms with van der Waals surface area (Å²) in [5, 5.41) is 21.6. The lowest BCUT2D eigenvalue weighted by Gasteiger charge is -2.39. The lowest BCUT2D eigenvalue weighted by atomic mass is 10.0. The Labute approximate surface area is 184 Å². The highest BCUT2D eigenvalue weighted by Gasteiger charge is 2.36. The van der Waals surface area contributed by atoms with Crippen molar-refractivity contribution < 1.29 is 19.8 Å². The molecule has 29 heavy (non-hydrogen) atoms. The van der Waals surface area contributed by atoms with E-state index in [9.17, 15) is 10.2 Å². The summed E-state index contributed by atoms with van der Waals surface area (Å²) < 4.78 is 5.78. The van der Waals surface area contributed by atoms with Crippen molar-refractivity contribution in [3.63, 3.8) is 0 Å². The quantitative estimate of drug-likeness (QED) is 0.291. The number of hydrogen-bond acceptors (Lipinski definition) is 6. The number of rotatable bonds is 12. The van der Waals surface area contributed by atoms with Gasteiger partial charge < -0.3 is 19.8 Å². The average Bonchev–Trinajstić information content (AvgIpc) is 2.72. The highest BCUT2D eigenvalue weighted by Crippen LogP contribution is 2.23. The van der Waals surface area contributed by atoms with Gasteiger partial charge >= 0.3 is 0 Å². The first kappa shape index (κ1) is 24.7. The van der Waals surface area contributed by atoms with Gasteiger partial charge in [-0.15, -0.1) is 23.2 Å². The molecule has 1 fully saturated rings. The molecule has 0 aliphatic carbocycles. The predicted molar refractivity (Wildman–Crippen MR) is 118 cm³/mol. The molecule has 1 aromatic rings. The highest BCUT2D eigenvalue weighted by atomic mass is 35.5. The molecule has 0 radical (unpaired) electrons. The fraction of sp³-hybridized carbons (Fsp3) is 0.714. The Morgan fingerprint density at radius 2 is 1.72 bits per heavy atom. The smallest absolute Gasteiger partial charge is 0.136 e. The van der Waals surface area contributed by atoms with Crippen molar-refractivity contribution in [2.45, 2.75) is 57.1 Å². The lowest BCUT2D eigenvalue weighted by Crippen LogP contribution is -2.52. The summed E-state index contributed by atoms with van der Waals surface area (Å²) >= 11 is 11.8. The molecule has 1 unspecified atom stereocenters. The molecule has 4 atom stereocenters. The summed E-state index contributed by atoms with van der Waals surface area (Å²) in [6.45, 7) is 4.04. The Bertz CT molecular complexity index is 560. The van der Waals surface area contributed by atoms with Crippen LogP contribution in [-0.4, -0.2) is 78.3 Å². The first-order valence-corrected chi connectivity index (χ1v) is 11.3. The molecule has 1 heterocycles. The van der Waals surface area contributed by atoms with E-state index < -0.39 is 18.3 Å². The van der Waals surface area contributed by atoms with Crippen LogP contribution < -0.4 is 4.90 Å². The number of aryl methyl sites for hydroxylation is 1. The second kappa shape index (κ2) is 13.0. The second-order valence-corrected chi connectivity index (χ2v) is 8.16. The maximum absolute atomic E-state index is 9.98. The third kappa shape index (κ3) is 7.55. The van der Waals surface area contributed by atoms with Crippen LogP contribution in [0.1, 0.15) is 31.7 Å². The number of benzene rings is 1. The molecule has 2 rings (SSSR count). The fourth-order valence-corrected chi connectivity index (χ4v) is 4.03. The normalized spacial score (nSPS) is 24.8. The molecule has 0 spiro atoms. The summed E-state index contributed by atoms with van der Waals surface area (Å²) in [5.74, 6) is 1.15. The molecule has 0 aromatic heterocycles. The van der Waals surface area contributed by atoms with Gasteiger partial charge in [0.25, 0.3) is 0 Å². The van der Waals surface area contributed by atoms with Crippen molar-refractivity contribution in [2.75, 3.05) is 43.4 Å². The van der Waals surface area contributed by atoms with Crippen LogP contribution in [0.4, 0.5) is 5.69 Å². The number of unbranched alkanes of at least 4 members (excludes halogenated alkanes) is 1. The molecule has 166 valence electrons. The van der Waals surface area contributed by atoms with E-state index in [4.69, 9.17) is 32.8 Å². The fourth-order valence-electron chi connectivity index (χ4n) is 3.63. The molecule has 6 nitrogen and oxygen atoms in total. The first-order chi connectivity index (χ1) is 14.0. The highest BCUT2D eigenvalue weighted by molar-refractivity contribution is 6.18. The molecule has 2 N–H and O–H groups in total. The van der Waals surface area contributed by atoms with Gasteiger partial charge in [-0.05, 0) is 43.9 Å². The molecule has 1 aromatic carbocycles. The maximum atomic E-state index is 9.98. The Morgan fingerprint density at radius 1 is 1.07 bits per heavy atom. The second-order valence-electron chi connectivity index (χ2n) is 7.40. The Balaban J connectivity index is 1.77. The Kier molecular flexibility index (Phi) is 11.0. The standard InChI is InChI=1S/C21H34Cl2N2O4/c1-16-21(27)19(26)15-20(29-16)25(28-2)12-4-3-5-17-6-8-18(9-7-17)24(13-10-22)14-11-23/h6-9,16,19-21,26-27H,3-5,10-15H2,1-2H3/t16-,19+,20?,21-/m1/s1. The van der Waals surface area contributed by atoms with E-state index in [0.717, 1.165) is 38.0 Å². The van der Waals surface area contributed by atoms with E-state index in [1.807, 2.05) is 0 Å². The van der Waals surface area contributed by atoms with E-state index in [-0.39, 0.29) is 6.23 Å². The van der Waals surface area contributed by atoms with Crippen LogP contribution in [-0.2, 0) is 16.0 Å². The van der Waals surface area contributed by atoms with Crippen molar-refractivity contribution in [2.24, 2.45) is 0 Å². The van der Waals surface area contributed by atoms with Gasteiger partial charge in [-0.3, -0.25) is 4.84 Å². The van der Waals surface area contributed by atoms with Gasteiger partial charge in [0.2, 0.25) is 0 Å². The van der Waals surface area contributed by atoms with Crippen LogP contribution in [0, 0.1) is 0 Å². The van der Waals surface area contributed by atoms with Crippen molar-refractivity contribution >= 4 is 28.9 Å². The number of halogens is 2. The van der Waals surface area contributed by atoms with Gasteiger partial charge in [0.05, 0.1) is 19.3 Å². The van der Waals surface area contributed by atoms with Gasteiger partial charge in [-0.2, -0.15) is 5.06 Å². The molecule has 1 aliphatic rings. The predicted octanol–water partition coefficient (Wildman–Crippen LogP) is 3.01. The molecule has 8 heteroatoms. The minimum Gasteiger partial charge on any atom is -0.390 e. The van der Waals surface area contributed by atoms with Crippen LogP contribution >= 0.6 is 23.2 Å². The molecule has 0 amide bonds. The van der Waals surface area contributed by atoms with Crippen molar-refractivity contribution in [1.29, 1.82) is 0 Å². The van der Waals surface area contributed by atoms with E-state index in [1.165, 1.54) is 5.56 Å². The van der Waals surface area contributed by atoms with Crippen molar-refractivity contribution in [3.8, 4) is 0 Å². The number of hydroxylamine groups is 2. The van der Waals surface area contributed by atoms with Crippen molar-refractivity contribution in [3.05, 3.63) is 29.8 Å². The topological polar surface area (TPSA) is 65.4 Å². The Hall–Kier alpha value is -0.600. The summed E-state index contributed by atoms with van der Waals surface area (Å²) in [4.78, 5) is 7.64. The summed E-state index contributed by atoms with van der Waals surface area (Å²) in [6, 6.07) is 8.56. The maximum Gasteiger partial charge on any atom is 0.136 e. The number of ether oxygens (including phenoxy) is 1. The summed E-state index contributed by atoms with van der Waals surface area (Å²) in [5.41, 5.74) is 2.43. The molecule has 0 saturated carbocycles. The number of hydrogen-bond donors (Lipinski definition) is 2. The van der Waals surface area contributed by atoms with Crippen LogP contribution in [0.5, 0.6) is 0 Å². The van der Waals surface area contributed by atoms with E-state index >= 15 is 0 Å². The number of alkyl halides is 2. The molecule has 0 bridgehead atoms. The third-order valence-electron chi connectivity index (χ3n) is 5.35. The minimum absolute atomic E-state index is 0.335. The van der Waals surface area contributed by atoms with Crippen LogP contribution in [0.15, 0.2) is 24.3 Å². The zero-order valence-electron chi connectivity index (χ0n) is 17.3. The zero-order valence-corrected chi connectivity index (χ0v) is 18.9. The van der Waals surface area contributed by atoms with Gasteiger partial charge in [-0.25, -0.2) is 0 Å².